The highest BCUT2D eigenvalue weighted by atomic mass is 19.4. The second-order valence-corrected chi connectivity index (χ2v) is 8.25. The Morgan fingerprint density at radius 2 is 1.86 bits per heavy atom. The average molecular weight is 509 g/mol. The molecule has 1 amide bonds. The van der Waals surface area contributed by atoms with Crippen molar-refractivity contribution in [3.63, 3.8) is 0 Å². The Balaban J connectivity index is 1.47. The summed E-state index contributed by atoms with van der Waals surface area (Å²) in [5.41, 5.74) is 1.05. The summed E-state index contributed by atoms with van der Waals surface area (Å²) in [7, 11) is 2.88. The zero-order chi connectivity index (χ0) is 26.2. The number of alkyl halides is 3. The maximum absolute atomic E-state index is 13.9. The number of fused-ring (bicyclic) bond motifs is 2. The molecule has 5 rings (SSSR count). The summed E-state index contributed by atoms with van der Waals surface area (Å²) in [4.78, 5) is 20.5. The number of rotatable bonds is 7. The van der Waals surface area contributed by atoms with E-state index >= 15 is 0 Å². The van der Waals surface area contributed by atoms with Gasteiger partial charge in [0.2, 0.25) is 0 Å². The molecule has 0 aliphatic carbocycles. The lowest BCUT2D eigenvalue weighted by molar-refractivity contribution is -0.142. The van der Waals surface area contributed by atoms with Crippen LogP contribution in [0.15, 0.2) is 60.9 Å². The number of benzene rings is 2. The van der Waals surface area contributed by atoms with Crippen molar-refractivity contribution in [3.05, 3.63) is 77.7 Å². The van der Waals surface area contributed by atoms with Crippen molar-refractivity contribution in [3.8, 4) is 22.8 Å². The molecule has 0 saturated carbocycles. The number of carbonyl (C=O) groups excluding carboxylic acids is 1. The Morgan fingerprint density at radius 1 is 1.08 bits per heavy atom. The number of methoxy groups -OCH3 is 2. The number of hydrogen-bond donors (Lipinski definition) is 2. The molecular formula is C26H22F3N5O3. The van der Waals surface area contributed by atoms with Gasteiger partial charge in [0, 0.05) is 29.2 Å². The van der Waals surface area contributed by atoms with Gasteiger partial charge in [-0.15, -0.1) is 0 Å². The maximum Gasteiger partial charge on any atom is 0.433 e. The zero-order valence-electron chi connectivity index (χ0n) is 19.9. The SMILES string of the molecule is COc1ccc(-c2cc(C(F)(F)F)n3ncc(C(=O)NCCc4c[nH]c5ccccc45)c3n2)cc1OC. The largest absolute Gasteiger partial charge is 0.493 e. The number of aromatic amines is 1. The summed E-state index contributed by atoms with van der Waals surface area (Å²) in [6.07, 6.45) is -1.23. The monoisotopic (exact) mass is 509 g/mol. The molecule has 0 bridgehead atoms. The van der Waals surface area contributed by atoms with Crippen LogP contribution < -0.4 is 14.8 Å². The molecule has 11 heteroatoms. The van der Waals surface area contributed by atoms with Gasteiger partial charge in [-0.3, -0.25) is 4.79 Å². The van der Waals surface area contributed by atoms with Crippen LogP contribution in [-0.4, -0.2) is 46.3 Å². The first-order valence-corrected chi connectivity index (χ1v) is 11.3. The molecule has 0 atom stereocenters. The molecule has 0 aliphatic rings. The van der Waals surface area contributed by atoms with Crippen LogP contribution in [0.2, 0.25) is 0 Å². The molecule has 0 fully saturated rings. The van der Waals surface area contributed by atoms with Crippen LogP contribution in [0.3, 0.4) is 0 Å². The Bertz CT molecular complexity index is 1610. The van der Waals surface area contributed by atoms with Gasteiger partial charge in [0.25, 0.3) is 5.91 Å². The minimum absolute atomic E-state index is 0.00845. The van der Waals surface area contributed by atoms with E-state index in [1.807, 2.05) is 30.5 Å². The van der Waals surface area contributed by atoms with E-state index in [1.165, 1.54) is 20.3 Å². The van der Waals surface area contributed by atoms with Crippen molar-refractivity contribution >= 4 is 22.5 Å². The van der Waals surface area contributed by atoms with Crippen LogP contribution in [0, 0.1) is 0 Å². The lowest BCUT2D eigenvalue weighted by atomic mass is 10.1. The third-order valence-electron chi connectivity index (χ3n) is 6.04. The van der Waals surface area contributed by atoms with Gasteiger partial charge in [0.05, 0.1) is 26.1 Å². The number of hydrogen-bond acceptors (Lipinski definition) is 5. The molecule has 5 aromatic rings. The Kier molecular flexibility index (Phi) is 6.20. The highest BCUT2D eigenvalue weighted by Gasteiger charge is 2.36. The van der Waals surface area contributed by atoms with Gasteiger partial charge < -0.3 is 19.8 Å². The number of nitrogens with zero attached hydrogens (tertiary/aromatic N) is 3. The Labute approximate surface area is 209 Å². The van der Waals surface area contributed by atoms with Gasteiger partial charge in [-0.05, 0) is 42.3 Å². The topological polar surface area (TPSA) is 93.5 Å². The van der Waals surface area contributed by atoms with Gasteiger partial charge in [0.15, 0.2) is 22.8 Å². The Morgan fingerprint density at radius 3 is 2.62 bits per heavy atom. The van der Waals surface area contributed by atoms with Crippen LogP contribution >= 0.6 is 0 Å². The number of ether oxygens (including phenoxy) is 2. The molecular weight excluding hydrogens is 487 g/mol. The predicted octanol–water partition coefficient (Wildman–Crippen LogP) is 4.89. The fourth-order valence-electron chi connectivity index (χ4n) is 4.21. The van der Waals surface area contributed by atoms with Crippen molar-refractivity contribution in [2.45, 2.75) is 12.6 Å². The van der Waals surface area contributed by atoms with E-state index in [-0.39, 0.29) is 23.4 Å². The van der Waals surface area contributed by atoms with Gasteiger partial charge in [0.1, 0.15) is 5.56 Å². The van der Waals surface area contributed by atoms with Gasteiger partial charge in [-0.1, -0.05) is 18.2 Å². The molecule has 190 valence electrons. The van der Waals surface area contributed by atoms with E-state index in [1.54, 1.807) is 12.1 Å². The highest BCUT2D eigenvalue weighted by molar-refractivity contribution is 6.00. The number of aromatic nitrogens is 4. The highest BCUT2D eigenvalue weighted by Crippen LogP contribution is 2.35. The van der Waals surface area contributed by atoms with Crippen LogP contribution in [0.5, 0.6) is 11.5 Å². The number of carbonyl (C=O) groups is 1. The fourth-order valence-corrected chi connectivity index (χ4v) is 4.21. The summed E-state index contributed by atoms with van der Waals surface area (Å²) >= 11 is 0. The molecule has 8 nitrogen and oxygen atoms in total. The summed E-state index contributed by atoms with van der Waals surface area (Å²) in [5, 5.41) is 7.64. The smallest absolute Gasteiger partial charge is 0.433 e. The summed E-state index contributed by atoms with van der Waals surface area (Å²) in [6.45, 7) is 0.277. The fraction of sp³-hybridized carbons (Fsp3) is 0.192. The standard InChI is InChI=1S/C26H22F3N5O3/c1-36-21-8-7-15(11-22(21)37-2)20-12-23(26(27,28)29)34-24(33-20)18(14-32-34)25(35)30-10-9-16-13-31-19-6-4-3-5-17(16)19/h3-8,11-14,31H,9-10H2,1-2H3,(H,30,35). The Hall–Kier alpha value is -4.54. The minimum atomic E-state index is -4.73. The van der Waals surface area contributed by atoms with Crippen LogP contribution in [0.1, 0.15) is 21.6 Å². The third kappa shape index (κ3) is 4.55. The molecule has 0 aliphatic heterocycles. The summed E-state index contributed by atoms with van der Waals surface area (Å²) in [5.74, 6) is 0.182. The third-order valence-corrected chi connectivity index (χ3v) is 6.04. The molecule has 3 heterocycles. The quantitative estimate of drug-likeness (QED) is 0.326. The second-order valence-electron chi connectivity index (χ2n) is 8.25. The van der Waals surface area contributed by atoms with E-state index in [4.69, 9.17) is 9.47 Å². The van der Waals surface area contributed by atoms with E-state index in [0.717, 1.165) is 28.7 Å². The zero-order valence-corrected chi connectivity index (χ0v) is 19.9. The molecule has 0 unspecified atom stereocenters. The molecule has 2 aromatic carbocycles. The number of nitrogens with one attached hydrogen (secondary N) is 2. The van der Waals surface area contributed by atoms with Crippen LogP contribution in [0.25, 0.3) is 27.8 Å². The maximum atomic E-state index is 13.9. The first kappa shape index (κ1) is 24.2. The number of amides is 1. The van der Waals surface area contributed by atoms with E-state index in [0.29, 0.717) is 28.0 Å². The molecule has 0 spiro atoms. The molecule has 37 heavy (non-hydrogen) atoms. The molecule has 0 saturated heterocycles. The lowest BCUT2D eigenvalue weighted by Crippen LogP contribution is -2.26. The van der Waals surface area contributed by atoms with Crippen LogP contribution in [-0.2, 0) is 12.6 Å². The number of H-pyrrole nitrogens is 1. The van der Waals surface area contributed by atoms with Gasteiger partial charge in [-0.2, -0.15) is 18.3 Å². The normalized spacial score (nSPS) is 11.7. The lowest BCUT2D eigenvalue weighted by Gasteiger charge is -2.13. The van der Waals surface area contributed by atoms with Crippen LogP contribution in [0.4, 0.5) is 13.2 Å². The average Bonchev–Trinajstić information content (AvgIpc) is 3.51. The summed E-state index contributed by atoms with van der Waals surface area (Å²) in [6, 6.07) is 13.3. The second kappa shape index (κ2) is 9.49. The van der Waals surface area contributed by atoms with E-state index < -0.39 is 17.8 Å². The predicted molar refractivity (Wildman–Crippen MR) is 131 cm³/mol. The molecule has 2 N–H and O–H groups in total. The first-order valence-electron chi connectivity index (χ1n) is 11.3. The first-order chi connectivity index (χ1) is 17.8. The van der Waals surface area contributed by atoms with Crippen molar-refractivity contribution in [1.29, 1.82) is 0 Å². The van der Waals surface area contributed by atoms with Gasteiger partial charge in [-0.25, -0.2) is 9.50 Å². The molecule has 0 radical (unpaired) electrons. The minimum Gasteiger partial charge on any atom is -0.493 e. The molecule has 3 aromatic heterocycles. The summed E-state index contributed by atoms with van der Waals surface area (Å²) < 4.78 is 52.9. The van der Waals surface area contributed by atoms with E-state index in [2.05, 4.69) is 20.4 Å². The van der Waals surface area contributed by atoms with Crippen molar-refractivity contribution in [1.82, 2.24) is 24.9 Å². The van der Waals surface area contributed by atoms with Crippen molar-refractivity contribution < 1.29 is 27.4 Å². The number of para-hydroxylation sites is 1. The van der Waals surface area contributed by atoms with Gasteiger partial charge >= 0.3 is 6.18 Å². The number of halogens is 3. The van der Waals surface area contributed by atoms with E-state index in [9.17, 15) is 18.0 Å². The van der Waals surface area contributed by atoms with Crippen molar-refractivity contribution in [2.75, 3.05) is 20.8 Å². The van der Waals surface area contributed by atoms with Crippen molar-refractivity contribution in [2.24, 2.45) is 0 Å².